The monoisotopic (exact) mass is 252 g/mol. The first-order valence-electron chi connectivity index (χ1n) is 5.89. The molecular weight excluding hydrogens is 232 g/mol. The molecule has 2 atom stereocenters. The van der Waals surface area contributed by atoms with E-state index >= 15 is 0 Å². The lowest BCUT2D eigenvalue weighted by molar-refractivity contribution is -0.137. The number of carboxylic acid groups (broad SMARTS) is 1. The zero-order valence-electron chi connectivity index (χ0n) is 10.7. The van der Waals surface area contributed by atoms with Crippen molar-refractivity contribution in [1.82, 2.24) is 0 Å². The van der Waals surface area contributed by atoms with Crippen molar-refractivity contribution in [1.29, 1.82) is 0 Å². The maximum atomic E-state index is 10.6. The van der Waals surface area contributed by atoms with Crippen LogP contribution in [0.15, 0.2) is 24.3 Å². The second-order valence-corrected chi connectivity index (χ2v) is 4.52. The van der Waals surface area contributed by atoms with Gasteiger partial charge in [0.05, 0.1) is 12.5 Å². The lowest BCUT2D eigenvalue weighted by Gasteiger charge is -2.19. The van der Waals surface area contributed by atoms with Crippen LogP contribution < -0.4 is 16.2 Å². The molecule has 0 saturated carbocycles. The van der Waals surface area contributed by atoms with Crippen LogP contribution in [0.1, 0.15) is 31.9 Å². The normalized spacial score (nSPS) is 14.3. The Morgan fingerprint density at radius 1 is 1.28 bits per heavy atom. The Morgan fingerprint density at radius 2 is 1.83 bits per heavy atom. The van der Waals surface area contributed by atoms with Crippen LogP contribution in [0.2, 0.25) is 0 Å². The number of carbonyl (C=O) groups is 1. The van der Waals surface area contributed by atoms with Crippen molar-refractivity contribution in [2.75, 3.05) is 0 Å². The zero-order chi connectivity index (χ0) is 13.7. The van der Waals surface area contributed by atoms with Crippen LogP contribution in [0.5, 0.6) is 5.75 Å². The fourth-order valence-electron chi connectivity index (χ4n) is 1.62. The molecule has 0 saturated heterocycles. The predicted octanol–water partition coefficient (Wildman–Crippen LogP) is 1.28. The van der Waals surface area contributed by atoms with Gasteiger partial charge in [0, 0.05) is 12.1 Å². The van der Waals surface area contributed by atoms with E-state index < -0.39 is 18.1 Å². The molecule has 1 aromatic rings. The Labute approximate surface area is 107 Å². The lowest BCUT2D eigenvalue weighted by atomic mass is 9.98. The lowest BCUT2D eigenvalue weighted by Crippen LogP contribution is -2.35. The van der Waals surface area contributed by atoms with E-state index in [0.29, 0.717) is 0 Å². The number of nitrogens with two attached hydrogens (primary N) is 2. The molecule has 1 aromatic carbocycles. The molecule has 1 rings (SSSR count). The second kappa shape index (κ2) is 6.37. The number of ether oxygens (including phenoxy) is 1. The molecule has 0 bridgehead atoms. The summed E-state index contributed by atoms with van der Waals surface area (Å²) < 4.78 is 5.51. The van der Waals surface area contributed by atoms with E-state index in [1.165, 1.54) is 0 Å². The van der Waals surface area contributed by atoms with Crippen molar-refractivity contribution in [3.63, 3.8) is 0 Å². The molecule has 0 aromatic heterocycles. The molecule has 0 fully saturated rings. The summed E-state index contributed by atoms with van der Waals surface area (Å²) in [5, 5.41) is 8.67. The van der Waals surface area contributed by atoms with E-state index in [1.807, 2.05) is 38.1 Å². The summed E-state index contributed by atoms with van der Waals surface area (Å²) in [6.07, 6.45) is -0.0374. The summed E-state index contributed by atoms with van der Waals surface area (Å²) in [7, 11) is 0. The van der Waals surface area contributed by atoms with Crippen molar-refractivity contribution in [2.24, 2.45) is 11.5 Å². The van der Waals surface area contributed by atoms with Gasteiger partial charge in [0.15, 0.2) is 0 Å². The molecule has 0 aliphatic rings. The van der Waals surface area contributed by atoms with Gasteiger partial charge in [0.25, 0.3) is 0 Å². The van der Waals surface area contributed by atoms with Crippen molar-refractivity contribution in [3.05, 3.63) is 29.8 Å². The predicted molar refractivity (Wildman–Crippen MR) is 69.4 cm³/mol. The first kappa shape index (κ1) is 14.5. The average molecular weight is 252 g/mol. The molecule has 5 nitrogen and oxygen atoms in total. The maximum Gasteiger partial charge on any atom is 0.304 e. The summed E-state index contributed by atoms with van der Waals surface area (Å²) in [6, 6.07) is 6.15. The number of hydrogen-bond donors (Lipinski definition) is 3. The van der Waals surface area contributed by atoms with Crippen LogP contribution >= 0.6 is 0 Å². The van der Waals surface area contributed by atoms with E-state index in [0.717, 1.165) is 11.3 Å². The summed E-state index contributed by atoms with van der Waals surface area (Å²) in [6.45, 7) is 3.89. The highest BCUT2D eigenvalue weighted by atomic mass is 16.5. The molecule has 18 heavy (non-hydrogen) atoms. The molecule has 0 radical (unpaired) electrons. The highest BCUT2D eigenvalue weighted by molar-refractivity contribution is 5.67. The minimum atomic E-state index is -0.947. The first-order valence-corrected chi connectivity index (χ1v) is 5.89. The van der Waals surface area contributed by atoms with Gasteiger partial charge in [-0.05, 0) is 31.5 Å². The van der Waals surface area contributed by atoms with Crippen molar-refractivity contribution < 1.29 is 14.6 Å². The van der Waals surface area contributed by atoms with E-state index in [1.54, 1.807) is 0 Å². The molecule has 2 unspecified atom stereocenters. The van der Waals surface area contributed by atoms with Crippen molar-refractivity contribution >= 4 is 5.97 Å². The minimum Gasteiger partial charge on any atom is -0.491 e. The standard InChI is InChI=1S/C13H20N2O3/c1-8(2)18-10-5-3-9(4-6-10)13(15)11(14)7-12(16)17/h3-6,8,11,13H,7,14-15H2,1-2H3,(H,16,17). The van der Waals surface area contributed by atoms with E-state index in [-0.39, 0.29) is 12.5 Å². The Hall–Kier alpha value is -1.59. The van der Waals surface area contributed by atoms with Crippen LogP contribution in [0.25, 0.3) is 0 Å². The van der Waals surface area contributed by atoms with Gasteiger partial charge in [0.2, 0.25) is 0 Å². The van der Waals surface area contributed by atoms with Gasteiger partial charge in [0.1, 0.15) is 5.75 Å². The Bertz CT molecular complexity index is 390. The van der Waals surface area contributed by atoms with Gasteiger partial charge in [-0.25, -0.2) is 0 Å². The fraction of sp³-hybridized carbons (Fsp3) is 0.462. The molecule has 0 amide bonds. The SMILES string of the molecule is CC(C)Oc1ccc(C(N)C(N)CC(=O)O)cc1. The molecule has 5 heteroatoms. The first-order chi connectivity index (χ1) is 8.40. The fourth-order valence-corrected chi connectivity index (χ4v) is 1.62. The van der Waals surface area contributed by atoms with Crippen LogP contribution in [0, 0.1) is 0 Å². The maximum absolute atomic E-state index is 10.6. The topological polar surface area (TPSA) is 98.6 Å². The zero-order valence-corrected chi connectivity index (χ0v) is 10.7. The van der Waals surface area contributed by atoms with Gasteiger partial charge in [-0.2, -0.15) is 0 Å². The summed E-state index contributed by atoms with van der Waals surface area (Å²) in [5.41, 5.74) is 12.4. The molecule has 0 spiro atoms. The second-order valence-electron chi connectivity index (χ2n) is 4.52. The smallest absolute Gasteiger partial charge is 0.304 e. The third-order valence-electron chi connectivity index (χ3n) is 2.51. The number of benzene rings is 1. The van der Waals surface area contributed by atoms with Crippen molar-refractivity contribution in [2.45, 2.75) is 38.5 Å². The molecule has 0 aliphatic carbocycles. The third kappa shape index (κ3) is 4.35. The van der Waals surface area contributed by atoms with Crippen molar-refractivity contribution in [3.8, 4) is 5.75 Å². The Morgan fingerprint density at radius 3 is 2.28 bits per heavy atom. The molecule has 100 valence electrons. The summed E-state index contributed by atoms with van der Waals surface area (Å²) >= 11 is 0. The van der Waals surface area contributed by atoms with E-state index in [4.69, 9.17) is 21.3 Å². The Balaban J connectivity index is 2.69. The van der Waals surface area contributed by atoms with Gasteiger partial charge in [-0.15, -0.1) is 0 Å². The molecule has 5 N–H and O–H groups in total. The van der Waals surface area contributed by atoms with E-state index in [2.05, 4.69) is 0 Å². The van der Waals surface area contributed by atoms with Crippen LogP contribution in [-0.2, 0) is 4.79 Å². The Kier molecular flexibility index (Phi) is 5.12. The summed E-state index contributed by atoms with van der Waals surface area (Å²) in [5.74, 6) is -0.189. The van der Waals surface area contributed by atoms with Gasteiger partial charge in [-0.1, -0.05) is 12.1 Å². The number of aliphatic carboxylic acids is 1. The quantitative estimate of drug-likeness (QED) is 0.708. The average Bonchev–Trinajstić information content (AvgIpc) is 2.27. The highest BCUT2D eigenvalue weighted by Gasteiger charge is 2.18. The van der Waals surface area contributed by atoms with Crippen LogP contribution in [0.4, 0.5) is 0 Å². The van der Waals surface area contributed by atoms with Crippen LogP contribution in [-0.4, -0.2) is 23.2 Å². The molecular formula is C13H20N2O3. The number of rotatable bonds is 6. The van der Waals surface area contributed by atoms with E-state index in [9.17, 15) is 4.79 Å². The minimum absolute atomic E-state index is 0.110. The highest BCUT2D eigenvalue weighted by Crippen LogP contribution is 2.19. The third-order valence-corrected chi connectivity index (χ3v) is 2.51. The van der Waals surface area contributed by atoms with Gasteiger partial charge < -0.3 is 21.3 Å². The summed E-state index contributed by atoms with van der Waals surface area (Å²) in [4.78, 5) is 10.6. The van der Waals surface area contributed by atoms with Gasteiger partial charge in [-0.3, -0.25) is 4.79 Å². The molecule has 0 aliphatic heterocycles. The largest absolute Gasteiger partial charge is 0.491 e. The number of hydrogen-bond acceptors (Lipinski definition) is 4. The number of carboxylic acids is 1. The van der Waals surface area contributed by atoms with Gasteiger partial charge >= 0.3 is 5.97 Å². The van der Waals surface area contributed by atoms with Crippen LogP contribution in [0.3, 0.4) is 0 Å². The molecule has 0 heterocycles.